The number of phenolic OH excluding ortho intramolecular Hbond substituents is 1. The van der Waals surface area contributed by atoms with E-state index >= 15 is 0 Å². The number of hydrogen-bond donors (Lipinski definition) is 2. The minimum atomic E-state index is -0.421. The van der Waals surface area contributed by atoms with E-state index in [1.165, 1.54) is 12.3 Å². The Hall–Kier alpha value is -2.89. The van der Waals surface area contributed by atoms with Crippen molar-refractivity contribution in [3.8, 4) is 22.8 Å². The molecule has 2 N–H and O–H groups in total. The maximum Gasteiger partial charge on any atom is 0.212 e. The number of nitrogens with zero attached hydrogens (tertiary/aromatic N) is 2. The molecule has 0 aliphatic carbocycles. The average Bonchev–Trinajstić information content (AvgIpc) is 3.06. The van der Waals surface area contributed by atoms with Crippen LogP contribution >= 0.6 is 0 Å². The number of benzene rings is 1. The number of nitrogens with one attached hydrogen (secondary N) is 1. The van der Waals surface area contributed by atoms with Crippen molar-refractivity contribution < 1.29 is 14.2 Å². The first-order chi connectivity index (χ1) is 12.0. The molecular formula is C19H24FN3O2. The van der Waals surface area contributed by atoms with E-state index in [1.54, 1.807) is 37.6 Å². The van der Waals surface area contributed by atoms with Gasteiger partial charge in [0.2, 0.25) is 5.95 Å². The van der Waals surface area contributed by atoms with Gasteiger partial charge in [0.25, 0.3) is 0 Å². The van der Waals surface area contributed by atoms with Crippen LogP contribution in [0.5, 0.6) is 11.5 Å². The Morgan fingerprint density at radius 1 is 1.04 bits per heavy atom. The highest BCUT2D eigenvalue weighted by Crippen LogP contribution is 2.31. The van der Waals surface area contributed by atoms with Gasteiger partial charge in [-0.05, 0) is 37.6 Å². The van der Waals surface area contributed by atoms with E-state index in [-0.39, 0.29) is 5.75 Å². The Kier molecular flexibility index (Phi) is 8.12. The molecule has 3 aromatic rings. The van der Waals surface area contributed by atoms with Crippen LogP contribution in [0.1, 0.15) is 25.2 Å². The maximum atomic E-state index is 12.0. The van der Waals surface area contributed by atoms with Crippen LogP contribution in [-0.4, -0.2) is 27.2 Å². The molecule has 2 heterocycles. The Bertz CT molecular complexity index is 750. The van der Waals surface area contributed by atoms with Crippen molar-refractivity contribution in [1.29, 1.82) is 0 Å². The molecule has 0 saturated heterocycles. The predicted octanol–water partition coefficient (Wildman–Crippen LogP) is 4.65. The van der Waals surface area contributed by atoms with Gasteiger partial charge >= 0.3 is 0 Å². The maximum absolute atomic E-state index is 12.0. The third-order valence-corrected chi connectivity index (χ3v) is 3.05. The van der Waals surface area contributed by atoms with E-state index in [4.69, 9.17) is 4.74 Å². The molecule has 0 amide bonds. The quantitative estimate of drug-likeness (QED) is 0.663. The van der Waals surface area contributed by atoms with E-state index in [0.29, 0.717) is 5.75 Å². The lowest BCUT2D eigenvalue weighted by Gasteiger charge is -2.06. The summed E-state index contributed by atoms with van der Waals surface area (Å²) in [7, 11) is 1.57. The lowest BCUT2D eigenvalue weighted by molar-refractivity contribution is 0.409. The summed E-state index contributed by atoms with van der Waals surface area (Å²) in [5, 5.41) is 9.31. The van der Waals surface area contributed by atoms with Gasteiger partial charge in [-0.15, -0.1) is 0 Å². The van der Waals surface area contributed by atoms with Gasteiger partial charge in [0.1, 0.15) is 17.3 Å². The van der Waals surface area contributed by atoms with Gasteiger partial charge < -0.3 is 14.8 Å². The average molecular weight is 345 g/mol. The van der Waals surface area contributed by atoms with Crippen LogP contribution in [0, 0.1) is 19.8 Å². The second-order valence-electron chi connectivity index (χ2n) is 4.93. The summed E-state index contributed by atoms with van der Waals surface area (Å²) < 4.78 is 17.2. The van der Waals surface area contributed by atoms with E-state index in [0.717, 1.165) is 22.6 Å². The van der Waals surface area contributed by atoms with E-state index < -0.39 is 5.95 Å². The molecule has 0 atom stereocenters. The summed E-state index contributed by atoms with van der Waals surface area (Å²) in [6.45, 7) is 7.75. The Morgan fingerprint density at radius 3 is 2.24 bits per heavy atom. The summed E-state index contributed by atoms with van der Waals surface area (Å²) in [6.07, 6.45) is 3.24. The number of phenols is 1. The van der Waals surface area contributed by atoms with Gasteiger partial charge in [-0.1, -0.05) is 19.9 Å². The highest BCUT2D eigenvalue weighted by Gasteiger charge is 2.08. The molecule has 0 aliphatic rings. The molecule has 3 rings (SSSR count). The molecule has 0 fully saturated rings. The fraction of sp³-hybridized carbons (Fsp3) is 0.263. The first kappa shape index (κ1) is 20.2. The molecule has 0 bridgehead atoms. The smallest absolute Gasteiger partial charge is 0.212 e. The predicted molar refractivity (Wildman–Crippen MR) is 97.3 cm³/mol. The van der Waals surface area contributed by atoms with E-state index in [1.807, 2.05) is 27.7 Å². The van der Waals surface area contributed by atoms with Crippen molar-refractivity contribution in [3.63, 3.8) is 0 Å². The number of aromatic nitrogens is 3. The van der Waals surface area contributed by atoms with Crippen molar-refractivity contribution in [1.82, 2.24) is 15.0 Å². The van der Waals surface area contributed by atoms with Gasteiger partial charge in [-0.3, -0.25) is 0 Å². The van der Waals surface area contributed by atoms with Crippen LogP contribution in [0.15, 0.2) is 42.7 Å². The molecule has 0 spiro atoms. The minimum Gasteiger partial charge on any atom is -0.508 e. The standard InChI is InChI=1S/C11H12N2O2.C6H6FN.C2H6/c1-7-12-6-10(13-7)9-4-3-8(14)5-11(9)15-2;1-5-2-3-6(7)8-4-5;1-2/h3-6,14H,1-2H3,(H,12,13);2-4H,1H3;1-2H3. The van der Waals surface area contributed by atoms with Crippen molar-refractivity contribution in [3.05, 3.63) is 60.1 Å². The topological polar surface area (TPSA) is 71.0 Å². The third-order valence-electron chi connectivity index (χ3n) is 3.05. The zero-order valence-corrected chi connectivity index (χ0v) is 15.2. The first-order valence-electron chi connectivity index (χ1n) is 7.96. The number of rotatable bonds is 2. The second kappa shape index (κ2) is 10.1. The molecule has 1 aromatic carbocycles. The van der Waals surface area contributed by atoms with Gasteiger partial charge in [-0.2, -0.15) is 4.39 Å². The van der Waals surface area contributed by atoms with E-state index in [9.17, 15) is 9.50 Å². The van der Waals surface area contributed by atoms with Crippen LogP contribution < -0.4 is 4.74 Å². The molecule has 5 nitrogen and oxygen atoms in total. The largest absolute Gasteiger partial charge is 0.508 e. The summed E-state index contributed by atoms with van der Waals surface area (Å²) in [5.41, 5.74) is 2.74. The number of hydrogen-bond acceptors (Lipinski definition) is 4. The number of aryl methyl sites for hydroxylation is 2. The van der Waals surface area contributed by atoms with Gasteiger partial charge in [0.05, 0.1) is 19.0 Å². The highest BCUT2D eigenvalue weighted by molar-refractivity contribution is 5.68. The Morgan fingerprint density at radius 2 is 1.76 bits per heavy atom. The molecular weight excluding hydrogens is 321 g/mol. The number of H-pyrrole nitrogens is 1. The summed E-state index contributed by atoms with van der Waals surface area (Å²) >= 11 is 0. The molecule has 0 unspecified atom stereocenters. The Labute approximate surface area is 147 Å². The monoisotopic (exact) mass is 345 g/mol. The zero-order chi connectivity index (χ0) is 18.8. The number of halogens is 1. The highest BCUT2D eigenvalue weighted by atomic mass is 19.1. The van der Waals surface area contributed by atoms with Crippen molar-refractivity contribution >= 4 is 0 Å². The summed E-state index contributed by atoms with van der Waals surface area (Å²) in [6, 6.07) is 8.01. The number of ether oxygens (including phenoxy) is 1. The molecule has 0 radical (unpaired) electrons. The lowest BCUT2D eigenvalue weighted by atomic mass is 10.1. The first-order valence-corrected chi connectivity index (χ1v) is 7.96. The van der Waals surface area contributed by atoms with Crippen LogP contribution in [0.2, 0.25) is 0 Å². The zero-order valence-electron chi connectivity index (χ0n) is 15.2. The molecule has 0 aliphatic heterocycles. The second-order valence-corrected chi connectivity index (χ2v) is 4.93. The van der Waals surface area contributed by atoms with Gasteiger partial charge in [0, 0.05) is 17.8 Å². The van der Waals surface area contributed by atoms with Crippen molar-refractivity contribution in [2.24, 2.45) is 0 Å². The molecule has 134 valence electrons. The number of imidazole rings is 1. The number of aromatic amines is 1. The van der Waals surface area contributed by atoms with Crippen LogP contribution in [0.3, 0.4) is 0 Å². The molecule has 0 saturated carbocycles. The van der Waals surface area contributed by atoms with Crippen LogP contribution in [-0.2, 0) is 0 Å². The summed E-state index contributed by atoms with van der Waals surface area (Å²) in [5.74, 6) is 1.24. The molecule has 2 aromatic heterocycles. The molecule has 6 heteroatoms. The van der Waals surface area contributed by atoms with Crippen molar-refractivity contribution in [2.45, 2.75) is 27.7 Å². The van der Waals surface area contributed by atoms with Crippen LogP contribution in [0.4, 0.5) is 4.39 Å². The normalized spacial score (nSPS) is 9.36. The molecule has 25 heavy (non-hydrogen) atoms. The number of pyridine rings is 1. The van der Waals surface area contributed by atoms with Crippen LogP contribution in [0.25, 0.3) is 11.3 Å². The summed E-state index contributed by atoms with van der Waals surface area (Å²) in [4.78, 5) is 10.6. The minimum absolute atomic E-state index is 0.187. The third kappa shape index (κ3) is 6.25. The SMILES string of the molecule is CC.COc1cc(O)ccc1-c1cnc(C)[nH]1.Cc1ccc(F)nc1. The van der Waals surface area contributed by atoms with E-state index in [2.05, 4.69) is 15.0 Å². The lowest BCUT2D eigenvalue weighted by Crippen LogP contribution is -1.87. The fourth-order valence-electron chi connectivity index (χ4n) is 1.91. The van der Waals surface area contributed by atoms with Crippen molar-refractivity contribution in [2.75, 3.05) is 7.11 Å². The van der Waals surface area contributed by atoms with Gasteiger partial charge in [0.15, 0.2) is 0 Å². The van der Waals surface area contributed by atoms with Gasteiger partial charge in [-0.25, -0.2) is 9.97 Å². The fourth-order valence-corrected chi connectivity index (χ4v) is 1.91. The Balaban J connectivity index is 0.000000264. The number of aromatic hydroxyl groups is 1. The number of methoxy groups -OCH3 is 1.